The zero-order valence-electron chi connectivity index (χ0n) is 18.9. The quantitative estimate of drug-likeness (QED) is 0.629. The van der Waals surface area contributed by atoms with Crippen LogP contribution in [-0.2, 0) is 16.1 Å². The molecule has 9 nitrogen and oxygen atoms in total. The highest BCUT2D eigenvalue weighted by Crippen LogP contribution is 2.34. The van der Waals surface area contributed by atoms with Gasteiger partial charge in [0.05, 0.1) is 18.8 Å². The molecule has 2 N–H and O–H groups in total. The van der Waals surface area contributed by atoms with Crippen LogP contribution in [0.3, 0.4) is 0 Å². The van der Waals surface area contributed by atoms with Gasteiger partial charge >= 0.3 is 0 Å². The summed E-state index contributed by atoms with van der Waals surface area (Å²) in [6.07, 6.45) is 3.31. The fourth-order valence-electron chi connectivity index (χ4n) is 4.48. The number of likely N-dealkylation sites (N-methyl/N-ethyl adjacent to an activating group) is 1. The number of carbonyl (C=O) groups is 2. The van der Waals surface area contributed by atoms with Gasteiger partial charge in [-0.15, -0.1) is 5.10 Å². The number of nitrogens with one attached hydrogen (secondary N) is 1. The standard InChI is InChI=1S/C23H30N6O3/c1-23(2,3)20(22(32)28-14-17(30)11-19(28)21(31)24-4)29-13-16(25-26-29)12-27-10-9-15-7-5-6-8-18(15)27/h5-10,13,17,19-20,30H,11-12,14H2,1-4H3,(H,24,31)/t17?,19-,20?/m1/s1. The Bertz CT molecular complexity index is 1130. The topological polar surface area (TPSA) is 105 Å². The van der Waals surface area contributed by atoms with E-state index in [1.165, 1.54) is 11.9 Å². The summed E-state index contributed by atoms with van der Waals surface area (Å²) in [5.41, 5.74) is 1.35. The van der Waals surface area contributed by atoms with Crippen molar-refractivity contribution in [1.82, 2.24) is 29.8 Å². The van der Waals surface area contributed by atoms with Gasteiger partial charge in [0.1, 0.15) is 17.8 Å². The summed E-state index contributed by atoms with van der Waals surface area (Å²) in [7, 11) is 1.53. The Hall–Kier alpha value is -3.20. The lowest BCUT2D eigenvalue weighted by atomic mass is 9.85. The molecule has 1 aromatic carbocycles. The number of rotatable bonds is 5. The first-order valence-corrected chi connectivity index (χ1v) is 10.8. The maximum absolute atomic E-state index is 13.6. The van der Waals surface area contributed by atoms with Crippen molar-refractivity contribution in [3.8, 4) is 0 Å². The summed E-state index contributed by atoms with van der Waals surface area (Å²) in [5.74, 6) is -0.521. The van der Waals surface area contributed by atoms with E-state index in [9.17, 15) is 14.7 Å². The molecule has 1 fully saturated rings. The predicted molar refractivity (Wildman–Crippen MR) is 120 cm³/mol. The molecule has 1 aliphatic heterocycles. The van der Waals surface area contributed by atoms with Gasteiger partial charge < -0.3 is 19.9 Å². The lowest BCUT2D eigenvalue weighted by Crippen LogP contribution is -2.49. The summed E-state index contributed by atoms with van der Waals surface area (Å²) in [5, 5.41) is 22.5. The molecule has 0 bridgehead atoms. The second-order valence-corrected chi connectivity index (χ2v) is 9.47. The van der Waals surface area contributed by atoms with Crippen LogP contribution < -0.4 is 5.32 Å². The Morgan fingerprint density at radius 3 is 2.72 bits per heavy atom. The van der Waals surface area contributed by atoms with Crippen molar-refractivity contribution in [2.24, 2.45) is 5.41 Å². The highest BCUT2D eigenvalue weighted by atomic mass is 16.3. The van der Waals surface area contributed by atoms with Gasteiger partial charge in [-0.3, -0.25) is 9.59 Å². The highest BCUT2D eigenvalue weighted by Gasteiger charge is 2.44. The summed E-state index contributed by atoms with van der Waals surface area (Å²) in [4.78, 5) is 27.4. The first-order valence-electron chi connectivity index (χ1n) is 10.8. The van der Waals surface area contributed by atoms with Gasteiger partial charge in [0.2, 0.25) is 11.8 Å². The fourth-order valence-corrected chi connectivity index (χ4v) is 4.48. The molecule has 3 heterocycles. The first kappa shape index (κ1) is 22.0. The van der Waals surface area contributed by atoms with E-state index in [0.29, 0.717) is 6.54 Å². The third-order valence-corrected chi connectivity index (χ3v) is 6.00. The second kappa shape index (κ2) is 8.38. The normalized spacial score (nSPS) is 20.0. The number of aromatic nitrogens is 4. The zero-order valence-corrected chi connectivity index (χ0v) is 18.9. The van der Waals surface area contributed by atoms with Crippen molar-refractivity contribution in [2.75, 3.05) is 13.6 Å². The van der Waals surface area contributed by atoms with Crippen LogP contribution in [0.5, 0.6) is 0 Å². The molecule has 0 radical (unpaired) electrons. The lowest BCUT2D eigenvalue weighted by molar-refractivity contribution is -0.144. The van der Waals surface area contributed by atoms with E-state index in [0.717, 1.165) is 16.6 Å². The smallest absolute Gasteiger partial charge is 0.248 e. The van der Waals surface area contributed by atoms with E-state index in [-0.39, 0.29) is 24.8 Å². The summed E-state index contributed by atoms with van der Waals surface area (Å²) in [6, 6.07) is 8.81. The number of fused-ring (bicyclic) bond motifs is 1. The summed E-state index contributed by atoms with van der Waals surface area (Å²) in [6.45, 7) is 6.52. The minimum atomic E-state index is -0.727. The van der Waals surface area contributed by atoms with Crippen molar-refractivity contribution in [1.29, 1.82) is 0 Å². The molecule has 32 heavy (non-hydrogen) atoms. The molecule has 3 atom stereocenters. The Labute approximate surface area is 187 Å². The number of nitrogens with zero attached hydrogens (tertiary/aromatic N) is 5. The number of benzene rings is 1. The number of amides is 2. The molecule has 0 saturated carbocycles. The highest BCUT2D eigenvalue weighted by molar-refractivity contribution is 5.90. The molecule has 9 heteroatoms. The largest absolute Gasteiger partial charge is 0.391 e. The van der Waals surface area contributed by atoms with Gasteiger partial charge in [-0.05, 0) is 22.9 Å². The number of hydrogen-bond donors (Lipinski definition) is 2. The predicted octanol–water partition coefficient (Wildman–Crippen LogP) is 1.58. The molecule has 2 aromatic heterocycles. The number of likely N-dealkylation sites (tertiary alicyclic amines) is 1. The maximum Gasteiger partial charge on any atom is 0.248 e. The van der Waals surface area contributed by atoms with Crippen molar-refractivity contribution in [2.45, 2.75) is 51.9 Å². The maximum atomic E-state index is 13.6. The molecule has 4 rings (SSSR count). The fraction of sp³-hybridized carbons (Fsp3) is 0.478. The van der Waals surface area contributed by atoms with Crippen LogP contribution in [0.2, 0.25) is 0 Å². The molecule has 2 unspecified atom stereocenters. The minimum absolute atomic E-state index is 0.125. The Kier molecular flexibility index (Phi) is 5.77. The van der Waals surface area contributed by atoms with Gasteiger partial charge in [0.25, 0.3) is 0 Å². The third-order valence-electron chi connectivity index (χ3n) is 6.00. The zero-order chi connectivity index (χ0) is 23.0. The van der Waals surface area contributed by atoms with Crippen LogP contribution in [0.1, 0.15) is 38.9 Å². The van der Waals surface area contributed by atoms with Crippen molar-refractivity contribution < 1.29 is 14.7 Å². The summed E-state index contributed by atoms with van der Waals surface area (Å²) >= 11 is 0. The first-order chi connectivity index (χ1) is 15.2. The summed E-state index contributed by atoms with van der Waals surface area (Å²) < 4.78 is 3.69. The molecule has 3 aromatic rings. The molecule has 0 spiro atoms. The third kappa shape index (κ3) is 4.12. The minimum Gasteiger partial charge on any atom is -0.391 e. The lowest BCUT2D eigenvalue weighted by Gasteiger charge is -2.34. The van der Waals surface area contributed by atoms with E-state index in [1.54, 1.807) is 10.9 Å². The molecule has 1 aliphatic rings. The SMILES string of the molecule is CNC(=O)[C@H]1CC(O)CN1C(=O)C(n1cc(Cn2ccc3ccccc32)nn1)C(C)(C)C. The molecule has 2 amide bonds. The molecule has 170 valence electrons. The van der Waals surface area contributed by atoms with Crippen molar-refractivity contribution in [3.63, 3.8) is 0 Å². The van der Waals surface area contributed by atoms with Crippen LogP contribution in [0.4, 0.5) is 0 Å². The number of β-amino-alcohol motifs (C(OH)–C–C–N with tert-alkyl or cyclic N) is 1. The van der Waals surface area contributed by atoms with Crippen LogP contribution in [0, 0.1) is 5.41 Å². The van der Waals surface area contributed by atoms with Crippen molar-refractivity contribution >= 4 is 22.7 Å². The van der Waals surface area contributed by atoms with Crippen LogP contribution >= 0.6 is 0 Å². The van der Waals surface area contributed by atoms with Gasteiger partial charge in [-0.2, -0.15) is 0 Å². The second-order valence-electron chi connectivity index (χ2n) is 9.47. The van der Waals surface area contributed by atoms with E-state index < -0.39 is 23.6 Å². The average molecular weight is 439 g/mol. The van der Waals surface area contributed by atoms with Gasteiger partial charge in [0.15, 0.2) is 0 Å². The van der Waals surface area contributed by atoms with Crippen molar-refractivity contribution in [3.05, 3.63) is 48.4 Å². The molecule has 1 saturated heterocycles. The number of carbonyl (C=O) groups excluding carboxylic acids is 2. The number of para-hydroxylation sites is 1. The molecule has 0 aliphatic carbocycles. The Morgan fingerprint density at radius 2 is 2.00 bits per heavy atom. The van der Waals surface area contributed by atoms with E-state index in [2.05, 4.69) is 38.4 Å². The Morgan fingerprint density at radius 1 is 1.25 bits per heavy atom. The van der Waals surface area contributed by atoms with Crippen LogP contribution in [-0.4, -0.2) is 67.1 Å². The number of hydrogen-bond acceptors (Lipinski definition) is 5. The van der Waals surface area contributed by atoms with Crippen LogP contribution in [0.25, 0.3) is 10.9 Å². The van der Waals surface area contributed by atoms with Gasteiger partial charge in [0, 0.05) is 31.7 Å². The van der Waals surface area contributed by atoms with Gasteiger partial charge in [-0.1, -0.05) is 44.2 Å². The Balaban J connectivity index is 1.61. The number of aliphatic hydroxyl groups is 1. The van der Waals surface area contributed by atoms with E-state index in [1.807, 2.05) is 39.1 Å². The van der Waals surface area contributed by atoms with E-state index >= 15 is 0 Å². The number of aliphatic hydroxyl groups excluding tert-OH is 1. The van der Waals surface area contributed by atoms with Gasteiger partial charge in [-0.25, -0.2) is 4.68 Å². The molecular formula is C23H30N6O3. The molecular weight excluding hydrogens is 408 g/mol. The van der Waals surface area contributed by atoms with E-state index in [4.69, 9.17) is 0 Å². The monoisotopic (exact) mass is 438 g/mol. The average Bonchev–Trinajstić information content (AvgIpc) is 3.46. The van der Waals surface area contributed by atoms with Crippen LogP contribution in [0.15, 0.2) is 42.7 Å².